The fourth-order valence-electron chi connectivity index (χ4n) is 2.96. The van der Waals surface area contributed by atoms with Crippen LogP contribution in [0.1, 0.15) is 11.8 Å². The Bertz CT molecular complexity index is 1090. The SMILES string of the molecule is Cc1nnc(CN2CCN(S(=O)(=O)c3ccc4[nH]c(=O)oc4c3)CC2)o1. The van der Waals surface area contributed by atoms with Gasteiger partial charge in [-0.2, -0.15) is 4.31 Å². The zero-order valence-electron chi connectivity index (χ0n) is 14.0. The standard InChI is InChI=1S/C15H17N5O5S/c1-10-17-18-14(24-10)9-19-4-6-20(7-5-19)26(22,23)11-2-3-12-13(8-11)25-15(21)16-12/h2-3,8H,4-7,9H2,1H3,(H,16,21). The van der Waals surface area contributed by atoms with Gasteiger partial charge < -0.3 is 8.83 Å². The van der Waals surface area contributed by atoms with E-state index in [1.165, 1.54) is 22.5 Å². The number of H-pyrrole nitrogens is 1. The van der Waals surface area contributed by atoms with Crippen LogP contribution in [0.5, 0.6) is 0 Å². The topological polar surface area (TPSA) is 126 Å². The summed E-state index contributed by atoms with van der Waals surface area (Å²) in [6.07, 6.45) is 0. The van der Waals surface area contributed by atoms with E-state index in [9.17, 15) is 13.2 Å². The van der Waals surface area contributed by atoms with E-state index < -0.39 is 15.8 Å². The molecule has 3 aromatic rings. The molecule has 1 aliphatic heterocycles. The quantitative estimate of drug-likeness (QED) is 0.687. The lowest BCUT2D eigenvalue weighted by Gasteiger charge is -2.33. The highest BCUT2D eigenvalue weighted by atomic mass is 32.2. The number of nitrogens with one attached hydrogen (secondary N) is 1. The number of nitrogens with zero attached hydrogens (tertiary/aromatic N) is 4. The highest BCUT2D eigenvalue weighted by Crippen LogP contribution is 2.21. The Kier molecular flexibility index (Phi) is 4.13. The number of oxazole rings is 1. The van der Waals surface area contributed by atoms with E-state index in [-0.39, 0.29) is 10.5 Å². The van der Waals surface area contributed by atoms with E-state index in [0.717, 1.165) is 0 Å². The lowest BCUT2D eigenvalue weighted by molar-refractivity contribution is 0.167. The molecule has 1 saturated heterocycles. The summed E-state index contributed by atoms with van der Waals surface area (Å²) >= 11 is 0. The van der Waals surface area contributed by atoms with Crippen molar-refractivity contribution in [2.75, 3.05) is 26.2 Å². The molecule has 0 aliphatic carbocycles. The molecule has 0 radical (unpaired) electrons. The molecule has 10 nitrogen and oxygen atoms in total. The molecule has 26 heavy (non-hydrogen) atoms. The minimum atomic E-state index is -3.66. The third kappa shape index (κ3) is 3.16. The molecule has 1 aromatic carbocycles. The van der Waals surface area contributed by atoms with Crippen molar-refractivity contribution in [3.63, 3.8) is 0 Å². The molecule has 4 rings (SSSR count). The van der Waals surface area contributed by atoms with Crippen molar-refractivity contribution in [3.05, 3.63) is 40.5 Å². The second-order valence-electron chi connectivity index (χ2n) is 6.07. The van der Waals surface area contributed by atoms with Crippen molar-refractivity contribution in [3.8, 4) is 0 Å². The maximum atomic E-state index is 12.8. The minimum absolute atomic E-state index is 0.105. The van der Waals surface area contributed by atoms with Crippen molar-refractivity contribution in [2.24, 2.45) is 0 Å². The lowest BCUT2D eigenvalue weighted by atomic mass is 10.3. The molecule has 2 aromatic heterocycles. The molecule has 0 spiro atoms. The number of benzene rings is 1. The zero-order chi connectivity index (χ0) is 18.3. The molecule has 0 amide bonds. The van der Waals surface area contributed by atoms with Gasteiger partial charge in [0.05, 0.1) is 17.0 Å². The van der Waals surface area contributed by atoms with Crippen LogP contribution in [0.4, 0.5) is 0 Å². The number of aromatic nitrogens is 3. The van der Waals surface area contributed by atoms with Crippen LogP contribution >= 0.6 is 0 Å². The summed E-state index contributed by atoms with van der Waals surface area (Å²) in [7, 11) is -3.66. The Morgan fingerprint density at radius 1 is 1.15 bits per heavy atom. The fourth-order valence-corrected chi connectivity index (χ4v) is 4.39. The van der Waals surface area contributed by atoms with Crippen LogP contribution in [0, 0.1) is 6.92 Å². The summed E-state index contributed by atoms with van der Waals surface area (Å²) < 4.78 is 37.4. The summed E-state index contributed by atoms with van der Waals surface area (Å²) in [6.45, 7) is 4.04. The molecular weight excluding hydrogens is 362 g/mol. The monoisotopic (exact) mass is 379 g/mol. The van der Waals surface area contributed by atoms with Crippen LogP contribution in [-0.2, 0) is 16.6 Å². The first-order valence-electron chi connectivity index (χ1n) is 8.06. The van der Waals surface area contributed by atoms with E-state index in [2.05, 4.69) is 20.1 Å². The first kappa shape index (κ1) is 16.9. The van der Waals surface area contributed by atoms with E-state index in [1.54, 1.807) is 6.92 Å². The van der Waals surface area contributed by atoms with Crippen molar-refractivity contribution in [2.45, 2.75) is 18.4 Å². The number of hydrogen-bond donors (Lipinski definition) is 1. The van der Waals surface area contributed by atoms with Gasteiger partial charge in [0.25, 0.3) is 0 Å². The molecule has 11 heteroatoms. The summed E-state index contributed by atoms with van der Waals surface area (Å²) in [5, 5.41) is 7.75. The van der Waals surface area contributed by atoms with E-state index in [1.807, 2.05) is 0 Å². The van der Waals surface area contributed by atoms with Gasteiger partial charge in [-0.3, -0.25) is 9.88 Å². The van der Waals surface area contributed by atoms with E-state index in [4.69, 9.17) is 8.83 Å². The molecule has 0 saturated carbocycles. The molecule has 0 bridgehead atoms. The smallest absolute Gasteiger partial charge is 0.417 e. The molecule has 1 N–H and O–H groups in total. The number of fused-ring (bicyclic) bond motifs is 1. The van der Waals surface area contributed by atoms with Crippen LogP contribution in [-0.4, -0.2) is 59.0 Å². The number of rotatable bonds is 4. The Morgan fingerprint density at radius 3 is 2.62 bits per heavy atom. The number of aryl methyl sites for hydroxylation is 1. The first-order chi connectivity index (χ1) is 12.4. The Hall–Kier alpha value is -2.50. The van der Waals surface area contributed by atoms with E-state index in [0.29, 0.717) is 50.0 Å². The van der Waals surface area contributed by atoms with Crippen molar-refractivity contribution < 1.29 is 17.3 Å². The zero-order valence-corrected chi connectivity index (χ0v) is 14.8. The Labute approximate surface area is 148 Å². The second kappa shape index (κ2) is 6.34. The molecular formula is C15H17N5O5S. The van der Waals surface area contributed by atoms with Gasteiger partial charge in [0.2, 0.25) is 21.8 Å². The predicted molar refractivity (Wildman–Crippen MR) is 89.9 cm³/mol. The summed E-state index contributed by atoms with van der Waals surface area (Å²) in [6, 6.07) is 4.37. The maximum Gasteiger partial charge on any atom is 0.417 e. The molecule has 0 unspecified atom stereocenters. The average molecular weight is 379 g/mol. The number of aromatic amines is 1. The first-order valence-corrected chi connectivity index (χ1v) is 9.50. The largest absolute Gasteiger partial charge is 0.424 e. The highest BCUT2D eigenvalue weighted by Gasteiger charge is 2.29. The van der Waals surface area contributed by atoms with Crippen LogP contribution < -0.4 is 5.76 Å². The Morgan fingerprint density at radius 2 is 1.92 bits per heavy atom. The van der Waals surface area contributed by atoms with Gasteiger partial charge >= 0.3 is 5.76 Å². The van der Waals surface area contributed by atoms with Gasteiger partial charge in [0.1, 0.15) is 0 Å². The van der Waals surface area contributed by atoms with Crippen LogP contribution in [0.3, 0.4) is 0 Å². The second-order valence-corrected chi connectivity index (χ2v) is 8.01. The third-order valence-corrected chi connectivity index (χ3v) is 6.18. The normalized spacial score (nSPS) is 17.1. The van der Waals surface area contributed by atoms with Gasteiger partial charge in [0, 0.05) is 39.2 Å². The lowest BCUT2D eigenvalue weighted by Crippen LogP contribution is -2.48. The number of piperazine rings is 1. The summed E-state index contributed by atoms with van der Waals surface area (Å²) in [4.78, 5) is 15.9. The summed E-state index contributed by atoms with van der Waals surface area (Å²) in [5.74, 6) is 0.416. The minimum Gasteiger partial charge on any atom is -0.424 e. The molecule has 1 aliphatic rings. The van der Waals surface area contributed by atoms with Crippen molar-refractivity contribution in [1.29, 1.82) is 0 Å². The van der Waals surface area contributed by atoms with Gasteiger partial charge in [0.15, 0.2) is 5.58 Å². The van der Waals surface area contributed by atoms with Gasteiger partial charge in [-0.15, -0.1) is 10.2 Å². The average Bonchev–Trinajstić information content (AvgIpc) is 3.18. The fraction of sp³-hybridized carbons (Fsp3) is 0.400. The third-order valence-electron chi connectivity index (χ3n) is 4.29. The molecule has 138 valence electrons. The van der Waals surface area contributed by atoms with Gasteiger partial charge in [-0.1, -0.05) is 0 Å². The summed E-state index contributed by atoms with van der Waals surface area (Å²) in [5.41, 5.74) is 0.690. The van der Waals surface area contributed by atoms with Crippen LogP contribution in [0.2, 0.25) is 0 Å². The predicted octanol–water partition coefficient (Wildman–Crippen LogP) is 0.319. The molecule has 3 heterocycles. The Balaban J connectivity index is 1.47. The highest BCUT2D eigenvalue weighted by molar-refractivity contribution is 7.89. The van der Waals surface area contributed by atoms with Crippen LogP contribution in [0.15, 0.2) is 36.7 Å². The molecule has 1 fully saturated rings. The van der Waals surface area contributed by atoms with Crippen LogP contribution in [0.25, 0.3) is 11.1 Å². The maximum absolute atomic E-state index is 12.8. The number of sulfonamides is 1. The van der Waals surface area contributed by atoms with Gasteiger partial charge in [-0.25, -0.2) is 13.2 Å². The van der Waals surface area contributed by atoms with Gasteiger partial charge in [-0.05, 0) is 12.1 Å². The van der Waals surface area contributed by atoms with Crippen molar-refractivity contribution in [1.82, 2.24) is 24.4 Å². The van der Waals surface area contributed by atoms with E-state index >= 15 is 0 Å². The molecule has 0 atom stereocenters. The number of hydrogen-bond acceptors (Lipinski definition) is 8. The van der Waals surface area contributed by atoms with Crippen molar-refractivity contribution >= 4 is 21.1 Å².